The maximum atomic E-state index is 12.5. The molecule has 1 amide bonds. The number of methoxy groups -OCH3 is 1. The van der Waals surface area contributed by atoms with Gasteiger partial charge in [0.05, 0.1) is 12.5 Å². The first-order valence-electron chi connectivity index (χ1n) is 9.51. The molecule has 2 bridgehead atoms. The Morgan fingerprint density at radius 2 is 1.83 bits per heavy atom. The lowest BCUT2D eigenvalue weighted by atomic mass is 9.60. The van der Waals surface area contributed by atoms with Gasteiger partial charge in [0.15, 0.2) is 0 Å². The zero-order chi connectivity index (χ0) is 18.5. The monoisotopic (exact) mass is 339 g/mol. The predicted molar refractivity (Wildman–Crippen MR) is 97.6 cm³/mol. The van der Waals surface area contributed by atoms with Gasteiger partial charge in [-0.15, -0.1) is 0 Å². The number of hydrogen-bond donors (Lipinski definition) is 0. The summed E-state index contributed by atoms with van der Waals surface area (Å²) in [5.41, 5.74) is -0.354. The molecule has 2 aliphatic carbocycles. The fourth-order valence-corrected chi connectivity index (χ4v) is 4.35. The lowest BCUT2D eigenvalue weighted by Gasteiger charge is -2.48. The topological polar surface area (TPSA) is 46.6 Å². The fraction of sp³-hybridized carbons (Fsp3) is 0.900. The third-order valence-electron chi connectivity index (χ3n) is 5.42. The van der Waals surface area contributed by atoms with Gasteiger partial charge in [-0.1, -0.05) is 47.5 Å². The molecule has 3 unspecified atom stereocenters. The number of fused-ring (bicyclic) bond motifs is 2. The van der Waals surface area contributed by atoms with Crippen LogP contribution in [0.1, 0.15) is 79.6 Å². The number of carbonyl (C=O) groups excluding carboxylic acids is 2. The molecule has 0 saturated heterocycles. The van der Waals surface area contributed by atoms with Crippen LogP contribution in [-0.2, 0) is 14.3 Å². The molecule has 0 aromatic rings. The Hall–Kier alpha value is -1.06. The van der Waals surface area contributed by atoms with E-state index in [9.17, 15) is 9.59 Å². The Balaban J connectivity index is 0.00000139. The quantitative estimate of drug-likeness (QED) is 0.715. The third kappa shape index (κ3) is 4.97. The van der Waals surface area contributed by atoms with E-state index in [2.05, 4.69) is 20.8 Å². The van der Waals surface area contributed by atoms with E-state index >= 15 is 0 Å². The molecule has 0 aromatic carbocycles. The molecule has 0 aromatic heterocycles. The Kier molecular flexibility index (Phi) is 7.30. The third-order valence-corrected chi connectivity index (χ3v) is 5.42. The van der Waals surface area contributed by atoms with Crippen molar-refractivity contribution in [2.45, 2.75) is 85.6 Å². The maximum Gasteiger partial charge on any atom is 0.311 e. The zero-order valence-corrected chi connectivity index (χ0v) is 16.8. The molecule has 0 N–H and O–H groups in total. The average Bonchev–Trinajstić information content (AvgIpc) is 2.53. The lowest BCUT2D eigenvalue weighted by Crippen LogP contribution is -2.51. The number of hydrogen-bond acceptors (Lipinski definition) is 3. The van der Waals surface area contributed by atoms with Gasteiger partial charge in [0.2, 0.25) is 5.91 Å². The summed E-state index contributed by atoms with van der Waals surface area (Å²) in [6.07, 6.45) is 6.48. The Morgan fingerprint density at radius 3 is 2.38 bits per heavy atom. The molecule has 140 valence electrons. The second-order valence-corrected chi connectivity index (χ2v) is 8.57. The molecule has 3 atom stereocenters. The molecule has 0 heterocycles. The molecule has 4 heteroatoms. The summed E-state index contributed by atoms with van der Waals surface area (Å²) in [6.45, 7) is 10.3. The number of esters is 1. The van der Waals surface area contributed by atoms with Crippen LogP contribution in [0.2, 0.25) is 0 Å². The SMILES string of the molecule is CC.COC(=O)C12CCCC(CC(N(C)C(=O)CC(C)(C)C)C1)C2. The van der Waals surface area contributed by atoms with E-state index < -0.39 is 0 Å². The van der Waals surface area contributed by atoms with E-state index in [0.29, 0.717) is 12.3 Å². The van der Waals surface area contributed by atoms with Crippen molar-refractivity contribution in [3.05, 3.63) is 0 Å². The van der Waals surface area contributed by atoms with Crippen molar-refractivity contribution in [2.75, 3.05) is 14.2 Å². The largest absolute Gasteiger partial charge is 0.469 e. The van der Waals surface area contributed by atoms with Gasteiger partial charge in [0, 0.05) is 19.5 Å². The summed E-state index contributed by atoms with van der Waals surface area (Å²) in [6, 6.07) is 0.174. The summed E-state index contributed by atoms with van der Waals surface area (Å²) in [5.74, 6) is 0.674. The number of carbonyl (C=O) groups is 2. The second kappa shape index (κ2) is 8.35. The van der Waals surface area contributed by atoms with Crippen molar-refractivity contribution in [3.8, 4) is 0 Å². The van der Waals surface area contributed by atoms with Crippen molar-refractivity contribution in [2.24, 2.45) is 16.7 Å². The van der Waals surface area contributed by atoms with Gasteiger partial charge in [-0.05, 0) is 37.0 Å². The fourth-order valence-electron chi connectivity index (χ4n) is 4.35. The standard InChI is InChI=1S/C18H31NO3.C2H6/c1-17(2,3)12-15(20)19(4)14-9-13-7-6-8-18(10-13,11-14)16(21)22-5;1-2/h13-14H,6-12H2,1-5H3;1-2H3. The zero-order valence-electron chi connectivity index (χ0n) is 16.8. The van der Waals surface area contributed by atoms with Crippen molar-refractivity contribution in [3.63, 3.8) is 0 Å². The molecule has 0 aliphatic heterocycles. The van der Waals surface area contributed by atoms with Crippen LogP contribution in [0.4, 0.5) is 0 Å². The minimum absolute atomic E-state index is 0.00405. The van der Waals surface area contributed by atoms with E-state index in [-0.39, 0.29) is 28.7 Å². The predicted octanol–water partition coefficient (Wildman–Crippen LogP) is 4.42. The van der Waals surface area contributed by atoms with E-state index in [1.54, 1.807) is 0 Å². The smallest absolute Gasteiger partial charge is 0.311 e. The van der Waals surface area contributed by atoms with Crippen LogP contribution >= 0.6 is 0 Å². The Bertz CT molecular complexity index is 441. The number of amides is 1. The Morgan fingerprint density at radius 1 is 1.21 bits per heavy atom. The normalized spacial score (nSPS) is 29.1. The van der Waals surface area contributed by atoms with Crippen molar-refractivity contribution >= 4 is 11.9 Å². The van der Waals surface area contributed by atoms with Crippen LogP contribution in [0.3, 0.4) is 0 Å². The highest BCUT2D eigenvalue weighted by Crippen LogP contribution is 2.50. The van der Waals surface area contributed by atoms with Gasteiger partial charge in [-0.3, -0.25) is 9.59 Å². The number of nitrogens with zero attached hydrogens (tertiary/aromatic N) is 1. The first-order chi connectivity index (χ1) is 11.2. The van der Waals surface area contributed by atoms with Gasteiger partial charge in [0.25, 0.3) is 0 Å². The van der Waals surface area contributed by atoms with Gasteiger partial charge in [-0.2, -0.15) is 0 Å². The minimum Gasteiger partial charge on any atom is -0.469 e. The molecule has 0 radical (unpaired) electrons. The summed E-state index contributed by atoms with van der Waals surface area (Å²) in [4.78, 5) is 26.8. The second-order valence-electron chi connectivity index (χ2n) is 8.57. The van der Waals surface area contributed by atoms with Crippen molar-refractivity contribution in [1.29, 1.82) is 0 Å². The molecule has 2 rings (SSSR count). The number of ether oxygens (including phenoxy) is 1. The molecular formula is C20H37NO3. The minimum atomic E-state index is -0.350. The highest BCUT2D eigenvalue weighted by atomic mass is 16.5. The van der Waals surface area contributed by atoms with Gasteiger partial charge < -0.3 is 9.64 Å². The van der Waals surface area contributed by atoms with Crippen LogP contribution in [0.25, 0.3) is 0 Å². The molecule has 2 fully saturated rings. The summed E-state index contributed by atoms with van der Waals surface area (Å²) in [7, 11) is 3.39. The molecule has 4 nitrogen and oxygen atoms in total. The highest BCUT2D eigenvalue weighted by molar-refractivity contribution is 5.79. The van der Waals surface area contributed by atoms with E-state index in [1.807, 2.05) is 25.8 Å². The molecular weight excluding hydrogens is 302 g/mol. The molecule has 2 saturated carbocycles. The summed E-state index contributed by atoms with van der Waals surface area (Å²) in [5, 5.41) is 0. The first kappa shape index (κ1) is 21.0. The average molecular weight is 340 g/mol. The van der Waals surface area contributed by atoms with Crippen molar-refractivity contribution < 1.29 is 14.3 Å². The van der Waals surface area contributed by atoms with Crippen LogP contribution in [0, 0.1) is 16.7 Å². The summed E-state index contributed by atoms with van der Waals surface area (Å²) < 4.78 is 5.09. The highest BCUT2D eigenvalue weighted by Gasteiger charge is 2.50. The van der Waals surface area contributed by atoms with Gasteiger partial charge in [-0.25, -0.2) is 0 Å². The number of rotatable bonds is 3. The van der Waals surface area contributed by atoms with E-state index in [4.69, 9.17) is 4.74 Å². The van der Waals surface area contributed by atoms with Gasteiger partial charge in [0.1, 0.15) is 0 Å². The van der Waals surface area contributed by atoms with Crippen LogP contribution in [-0.4, -0.2) is 37.0 Å². The van der Waals surface area contributed by atoms with Crippen LogP contribution in [0.15, 0.2) is 0 Å². The van der Waals surface area contributed by atoms with E-state index in [1.165, 1.54) is 13.5 Å². The molecule has 24 heavy (non-hydrogen) atoms. The van der Waals surface area contributed by atoms with E-state index in [0.717, 1.165) is 32.1 Å². The lowest BCUT2D eigenvalue weighted by molar-refractivity contribution is -0.162. The van der Waals surface area contributed by atoms with Crippen molar-refractivity contribution in [1.82, 2.24) is 4.90 Å². The Labute approximate surface area is 148 Å². The van der Waals surface area contributed by atoms with Crippen LogP contribution < -0.4 is 0 Å². The van der Waals surface area contributed by atoms with Crippen LogP contribution in [0.5, 0.6) is 0 Å². The maximum absolute atomic E-state index is 12.5. The molecule has 0 spiro atoms. The summed E-state index contributed by atoms with van der Waals surface area (Å²) >= 11 is 0. The van der Waals surface area contributed by atoms with Gasteiger partial charge >= 0.3 is 5.97 Å². The first-order valence-corrected chi connectivity index (χ1v) is 9.51. The molecule has 2 aliphatic rings.